The maximum absolute atomic E-state index is 9.09. The second kappa shape index (κ2) is 2.60. The van der Waals surface area contributed by atoms with Crippen molar-refractivity contribution < 1.29 is 5.11 Å². The average molecular weight is 162 g/mol. The van der Waals surface area contributed by atoms with Gasteiger partial charge in [0.1, 0.15) is 0 Å². The first-order valence-electron chi connectivity index (χ1n) is 3.84. The van der Waals surface area contributed by atoms with Crippen molar-refractivity contribution in [3.05, 3.63) is 35.9 Å². The molecule has 0 atom stereocenters. The number of nitrogens with zero attached hydrogens (tertiary/aromatic N) is 2. The summed E-state index contributed by atoms with van der Waals surface area (Å²) in [4.78, 5) is 4.00. The topological polar surface area (TPSA) is 37.5 Å². The lowest BCUT2D eigenvalue weighted by Gasteiger charge is -2.03. The predicted octanol–water partition coefficient (Wildman–Crippen LogP) is 1.14. The van der Waals surface area contributed by atoms with Crippen LogP contribution in [0.5, 0.6) is 0 Å². The number of aryl methyl sites for hydroxylation is 1. The molecule has 12 heavy (non-hydrogen) atoms. The van der Waals surface area contributed by atoms with Gasteiger partial charge in [0.05, 0.1) is 24.6 Å². The third-order valence-electron chi connectivity index (χ3n) is 2.09. The summed E-state index contributed by atoms with van der Waals surface area (Å²) in [7, 11) is 0. The van der Waals surface area contributed by atoms with Crippen LogP contribution in [0.4, 0.5) is 0 Å². The summed E-state index contributed by atoms with van der Waals surface area (Å²) in [6, 6.07) is 1.97. The molecule has 0 saturated carbocycles. The van der Waals surface area contributed by atoms with Gasteiger partial charge in [-0.05, 0) is 18.6 Å². The van der Waals surface area contributed by atoms with Gasteiger partial charge in [0.2, 0.25) is 0 Å². The summed E-state index contributed by atoms with van der Waals surface area (Å²) in [6.07, 6.45) is 5.43. The quantitative estimate of drug-likeness (QED) is 0.682. The third kappa shape index (κ3) is 0.905. The van der Waals surface area contributed by atoms with Gasteiger partial charge in [-0.1, -0.05) is 0 Å². The van der Waals surface area contributed by atoms with E-state index >= 15 is 0 Å². The summed E-state index contributed by atoms with van der Waals surface area (Å²) in [5.74, 6) is 0. The zero-order chi connectivity index (χ0) is 8.55. The zero-order valence-electron chi connectivity index (χ0n) is 6.86. The lowest BCUT2D eigenvalue weighted by molar-refractivity contribution is 0.282. The van der Waals surface area contributed by atoms with Crippen LogP contribution < -0.4 is 0 Å². The minimum atomic E-state index is 0.0713. The highest BCUT2D eigenvalue weighted by atomic mass is 16.3. The Morgan fingerprint density at radius 2 is 2.42 bits per heavy atom. The lowest BCUT2D eigenvalue weighted by atomic mass is 10.1. The molecular formula is C9H10N2O. The van der Waals surface area contributed by atoms with Gasteiger partial charge in [-0.25, -0.2) is 4.98 Å². The van der Waals surface area contributed by atoms with Crippen LogP contribution in [-0.2, 0) is 6.61 Å². The molecule has 0 aromatic carbocycles. The minimum Gasteiger partial charge on any atom is -0.392 e. The molecule has 0 spiro atoms. The second-order valence-corrected chi connectivity index (χ2v) is 2.82. The Kier molecular flexibility index (Phi) is 1.59. The Hall–Kier alpha value is -1.35. The number of aliphatic hydroxyl groups is 1. The summed E-state index contributed by atoms with van der Waals surface area (Å²) < 4.78 is 1.90. The van der Waals surface area contributed by atoms with Crippen LogP contribution in [0.1, 0.15) is 11.1 Å². The Balaban J connectivity index is 2.83. The van der Waals surface area contributed by atoms with E-state index in [4.69, 9.17) is 5.11 Å². The molecule has 0 bridgehead atoms. The molecule has 0 saturated heterocycles. The SMILES string of the molecule is Cc1ccn2cncc2c1CO. The molecule has 0 unspecified atom stereocenters. The summed E-state index contributed by atoms with van der Waals surface area (Å²) in [5, 5.41) is 9.09. The van der Waals surface area contributed by atoms with E-state index in [1.807, 2.05) is 23.6 Å². The fourth-order valence-corrected chi connectivity index (χ4v) is 1.36. The number of pyridine rings is 1. The minimum absolute atomic E-state index is 0.0713. The van der Waals surface area contributed by atoms with E-state index in [1.54, 1.807) is 12.5 Å². The van der Waals surface area contributed by atoms with E-state index < -0.39 is 0 Å². The molecule has 2 aromatic rings. The van der Waals surface area contributed by atoms with Crippen molar-refractivity contribution in [2.75, 3.05) is 0 Å². The van der Waals surface area contributed by atoms with Gasteiger partial charge in [0, 0.05) is 11.8 Å². The van der Waals surface area contributed by atoms with E-state index in [1.165, 1.54) is 0 Å². The van der Waals surface area contributed by atoms with Crippen molar-refractivity contribution in [1.82, 2.24) is 9.38 Å². The number of fused-ring (bicyclic) bond motifs is 1. The van der Waals surface area contributed by atoms with E-state index in [0.29, 0.717) is 0 Å². The molecule has 2 aromatic heterocycles. The van der Waals surface area contributed by atoms with Gasteiger partial charge < -0.3 is 9.51 Å². The van der Waals surface area contributed by atoms with Gasteiger partial charge >= 0.3 is 0 Å². The summed E-state index contributed by atoms with van der Waals surface area (Å²) in [6.45, 7) is 2.06. The summed E-state index contributed by atoms with van der Waals surface area (Å²) in [5.41, 5.74) is 3.04. The van der Waals surface area contributed by atoms with E-state index in [-0.39, 0.29) is 6.61 Å². The monoisotopic (exact) mass is 162 g/mol. The number of rotatable bonds is 1. The van der Waals surface area contributed by atoms with Gasteiger partial charge in [0.15, 0.2) is 0 Å². The second-order valence-electron chi connectivity index (χ2n) is 2.82. The Bertz CT molecular complexity index is 406. The van der Waals surface area contributed by atoms with Gasteiger partial charge in [-0.15, -0.1) is 0 Å². The largest absolute Gasteiger partial charge is 0.392 e. The molecule has 2 heterocycles. The normalized spacial score (nSPS) is 10.8. The first-order valence-corrected chi connectivity index (χ1v) is 3.84. The molecule has 0 aliphatic heterocycles. The molecule has 62 valence electrons. The fourth-order valence-electron chi connectivity index (χ4n) is 1.36. The molecule has 1 N–H and O–H groups in total. The highest BCUT2D eigenvalue weighted by Crippen LogP contribution is 2.14. The van der Waals surface area contributed by atoms with Crippen LogP contribution in [-0.4, -0.2) is 14.5 Å². The number of aliphatic hydroxyl groups excluding tert-OH is 1. The lowest BCUT2D eigenvalue weighted by Crippen LogP contribution is -1.93. The van der Waals surface area contributed by atoms with Crippen LogP contribution in [0.2, 0.25) is 0 Å². The van der Waals surface area contributed by atoms with Crippen LogP contribution in [0.25, 0.3) is 5.52 Å². The van der Waals surface area contributed by atoms with Crippen molar-refractivity contribution in [1.29, 1.82) is 0 Å². The molecule has 0 amide bonds. The molecule has 3 nitrogen and oxygen atoms in total. The van der Waals surface area contributed by atoms with Crippen LogP contribution in [0, 0.1) is 6.92 Å². The molecule has 0 aliphatic carbocycles. The highest BCUT2D eigenvalue weighted by molar-refractivity contribution is 5.55. The standard InChI is InChI=1S/C9H10N2O/c1-7-2-3-11-6-10-4-9(11)8(7)5-12/h2-4,6,12H,5H2,1H3. The highest BCUT2D eigenvalue weighted by Gasteiger charge is 2.02. The predicted molar refractivity (Wildman–Crippen MR) is 45.9 cm³/mol. The van der Waals surface area contributed by atoms with Gasteiger partial charge in [-0.2, -0.15) is 0 Å². The van der Waals surface area contributed by atoms with Crippen LogP contribution in [0.3, 0.4) is 0 Å². The van der Waals surface area contributed by atoms with Gasteiger partial charge in [0.25, 0.3) is 0 Å². The van der Waals surface area contributed by atoms with Crippen LogP contribution >= 0.6 is 0 Å². The van der Waals surface area contributed by atoms with Crippen molar-refractivity contribution in [2.45, 2.75) is 13.5 Å². The Morgan fingerprint density at radius 1 is 1.58 bits per heavy atom. The third-order valence-corrected chi connectivity index (χ3v) is 2.09. The van der Waals surface area contributed by atoms with Crippen molar-refractivity contribution >= 4 is 5.52 Å². The van der Waals surface area contributed by atoms with Gasteiger partial charge in [-0.3, -0.25) is 0 Å². The number of aromatic nitrogens is 2. The van der Waals surface area contributed by atoms with E-state index in [0.717, 1.165) is 16.6 Å². The Morgan fingerprint density at radius 3 is 3.17 bits per heavy atom. The average Bonchev–Trinajstić information content (AvgIpc) is 2.52. The Labute approximate surface area is 70.3 Å². The van der Waals surface area contributed by atoms with Crippen molar-refractivity contribution in [3.63, 3.8) is 0 Å². The zero-order valence-corrected chi connectivity index (χ0v) is 6.86. The van der Waals surface area contributed by atoms with Crippen molar-refractivity contribution in [3.8, 4) is 0 Å². The molecular weight excluding hydrogens is 152 g/mol. The maximum atomic E-state index is 9.09. The molecule has 3 heteroatoms. The smallest absolute Gasteiger partial charge is 0.0992 e. The summed E-state index contributed by atoms with van der Waals surface area (Å²) >= 11 is 0. The first kappa shape index (κ1) is 7.31. The first-order chi connectivity index (χ1) is 5.83. The molecule has 0 fully saturated rings. The molecule has 2 rings (SSSR count). The van der Waals surface area contributed by atoms with E-state index in [2.05, 4.69) is 4.98 Å². The van der Waals surface area contributed by atoms with Crippen LogP contribution in [0.15, 0.2) is 24.8 Å². The number of imidazole rings is 1. The maximum Gasteiger partial charge on any atom is 0.0992 e. The number of hydrogen-bond donors (Lipinski definition) is 1. The number of hydrogen-bond acceptors (Lipinski definition) is 2. The van der Waals surface area contributed by atoms with E-state index in [9.17, 15) is 0 Å². The molecule has 0 aliphatic rings. The molecule has 0 radical (unpaired) electrons. The van der Waals surface area contributed by atoms with Crippen molar-refractivity contribution in [2.24, 2.45) is 0 Å². The fraction of sp³-hybridized carbons (Fsp3) is 0.222.